The topological polar surface area (TPSA) is 75.3 Å². The SMILES string of the molecule is CCCCNS(=O)(=O)c1cccc(C(=O)Nc2cc(Cl)ccc2Cl)c1. The summed E-state index contributed by atoms with van der Waals surface area (Å²) < 4.78 is 27.0. The minimum absolute atomic E-state index is 0.0356. The zero-order chi connectivity index (χ0) is 18.4. The highest BCUT2D eigenvalue weighted by Crippen LogP contribution is 2.26. The van der Waals surface area contributed by atoms with E-state index in [4.69, 9.17) is 23.2 Å². The second-order valence-electron chi connectivity index (χ2n) is 5.36. The Kier molecular flexibility index (Phi) is 6.84. The molecule has 1 amide bonds. The molecule has 2 rings (SSSR count). The number of sulfonamides is 1. The number of anilines is 1. The summed E-state index contributed by atoms with van der Waals surface area (Å²) in [5, 5.41) is 3.39. The lowest BCUT2D eigenvalue weighted by atomic mass is 10.2. The van der Waals surface area contributed by atoms with Crippen LogP contribution in [0, 0.1) is 0 Å². The van der Waals surface area contributed by atoms with Crippen molar-refractivity contribution in [1.82, 2.24) is 4.72 Å². The third kappa shape index (κ3) is 5.44. The third-order valence-electron chi connectivity index (χ3n) is 3.41. The van der Waals surface area contributed by atoms with Crippen LogP contribution in [0.3, 0.4) is 0 Å². The number of halogens is 2. The first kappa shape index (κ1) is 19.7. The Bertz CT molecular complexity index is 870. The minimum atomic E-state index is -3.65. The maximum Gasteiger partial charge on any atom is 0.255 e. The van der Waals surface area contributed by atoms with E-state index in [9.17, 15) is 13.2 Å². The summed E-state index contributed by atoms with van der Waals surface area (Å²) in [6.45, 7) is 2.33. The molecule has 0 heterocycles. The summed E-state index contributed by atoms with van der Waals surface area (Å²) >= 11 is 11.9. The lowest BCUT2D eigenvalue weighted by molar-refractivity contribution is 0.102. The van der Waals surface area contributed by atoms with Crippen LogP contribution in [0.1, 0.15) is 30.1 Å². The average molecular weight is 401 g/mol. The number of nitrogens with one attached hydrogen (secondary N) is 2. The maximum atomic E-state index is 12.4. The van der Waals surface area contributed by atoms with Crippen LogP contribution in [0.5, 0.6) is 0 Å². The van der Waals surface area contributed by atoms with Gasteiger partial charge in [-0.25, -0.2) is 13.1 Å². The smallest absolute Gasteiger partial charge is 0.255 e. The maximum absolute atomic E-state index is 12.4. The number of amides is 1. The Morgan fingerprint density at radius 1 is 1.12 bits per heavy atom. The molecule has 0 spiro atoms. The van der Waals surface area contributed by atoms with Gasteiger partial charge in [0.1, 0.15) is 0 Å². The molecule has 0 radical (unpaired) electrons. The molecule has 0 aliphatic heterocycles. The zero-order valence-electron chi connectivity index (χ0n) is 13.6. The molecule has 2 N–H and O–H groups in total. The standard InChI is InChI=1S/C17H18Cl2N2O3S/c1-2-3-9-20-25(23,24)14-6-4-5-12(10-14)17(22)21-16-11-13(18)7-8-15(16)19/h4-8,10-11,20H,2-3,9H2,1H3,(H,21,22). The molecule has 0 aromatic heterocycles. The van der Waals surface area contributed by atoms with Crippen molar-refractivity contribution in [1.29, 1.82) is 0 Å². The van der Waals surface area contributed by atoms with Gasteiger partial charge in [-0.3, -0.25) is 4.79 Å². The highest BCUT2D eigenvalue weighted by atomic mass is 35.5. The molecule has 0 bridgehead atoms. The molecule has 25 heavy (non-hydrogen) atoms. The average Bonchev–Trinajstić information content (AvgIpc) is 2.58. The fourth-order valence-corrected chi connectivity index (χ4v) is 3.52. The van der Waals surface area contributed by atoms with Gasteiger partial charge in [0.05, 0.1) is 15.6 Å². The molecule has 0 unspecified atom stereocenters. The van der Waals surface area contributed by atoms with Gasteiger partial charge in [-0.15, -0.1) is 0 Å². The van der Waals surface area contributed by atoms with E-state index in [0.29, 0.717) is 22.3 Å². The van der Waals surface area contributed by atoms with Gasteiger partial charge in [-0.2, -0.15) is 0 Å². The van der Waals surface area contributed by atoms with E-state index in [2.05, 4.69) is 10.0 Å². The molecule has 0 saturated carbocycles. The zero-order valence-corrected chi connectivity index (χ0v) is 15.9. The van der Waals surface area contributed by atoms with E-state index in [1.807, 2.05) is 6.92 Å². The van der Waals surface area contributed by atoms with Gasteiger partial charge < -0.3 is 5.32 Å². The number of unbranched alkanes of at least 4 members (excludes halogenated alkanes) is 1. The number of carbonyl (C=O) groups excluding carboxylic acids is 1. The van der Waals surface area contributed by atoms with Crippen LogP contribution in [0.25, 0.3) is 0 Å². The van der Waals surface area contributed by atoms with E-state index in [1.54, 1.807) is 12.1 Å². The number of benzene rings is 2. The number of rotatable bonds is 7. The van der Waals surface area contributed by atoms with Crippen LogP contribution in [-0.4, -0.2) is 20.9 Å². The molecule has 2 aromatic carbocycles. The third-order valence-corrected chi connectivity index (χ3v) is 5.43. The van der Waals surface area contributed by atoms with Gasteiger partial charge in [0.2, 0.25) is 10.0 Å². The lowest BCUT2D eigenvalue weighted by Crippen LogP contribution is -2.25. The van der Waals surface area contributed by atoms with E-state index in [1.165, 1.54) is 30.3 Å². The monoisotopic (exact) mass is 400 g/mol. The highest BCUT2D eigenvalue weighted by molar-refractivity contribution is 7.89. The minimum Gasteiger partial charge on any atom is -0.321 e. The molecule has 134 valence electrons. The quantitative estimate of drug-likeness (QED) is 0.679. The van der Waals surface area contributed by atoms with E-state index >= 15 is 0 Å². The first-order chi connectivity index (χ1) is 11.8. The molecule has 0 fully saturated rings. The summed E-state index contributed by atoms with van der Waals surface area (Å²) in [6, 6.07) is 10.5. The van der Waals surface area contributed by atoms with Gasteiger partial charge >= 0.3 is 0 Å². The van der Waals surface area contributed by atoms with Crippen LogP contribution in [0.2, 0.25) is 10.0 Å². The van der Waals surface area contributed by atoms with Crippen LogP contribution in [0.15, 0.2) is 47.4 Å². The van der Waals surface area contributed by atoms with Gasteiger partial charge in [-0.1, -0.05) is 42.6 Å². The summed E-state index contributed by atoms with van der Waals surface area (Å²) in [5.41, 5.74) is 0.558. The number of carbonyl (C=O) groups is 1. The Morgan fingerprint density at radius 3 is 2.60 bits per heavy atom. The second-order valence-corrected chi connectivity index (χ2v) is 7.97. The van der Waals surface area contributed by atoms with Gasteiger partial charge in [0, 0.05) is 17.1 Å². The first-order valence-corrected chi connectivity index (χ1v) is 9.93. The van der Waals surface area contributed by atoms with Crippen LogP contribution in [-0.2, 0) is 10.0 Å². The Balaban J connectivity index is 2.20. The van der Waals surface area contributed by atoms with E-state index in [0.717, 1.165) is 12.8 Å². The van der Waals surface area contributed by atoms with Crippen LogP contribution in [0.4, 0.5) is 5.69 Å². The fraction of sp³-hybridized carbons (Fsp3) is 0.235. The molecular formula is C17H18Cl2N2O3S. The molecule has 2 aromatic rings. The van der Waals surface area contributed by atoms with Crippen LogP contribution >= 0.6 is 23.2 Å². The molecule has 5 nitrogen and oxygen atoms in total. The van der Waals surface area contributed by atoms with Crippen molar-refractivity contribution < 1.29 is 13.2 Å². The predicted molar refractivity (Wildman–Crippen MR) is 101 cm³/mol. The lowest BCUT2D eigenvalue weighted by Gasteiger charge is -2.10. The Labute approximate surface area is 157 Å². The van der Waals surface area contributed by atoms with Gasteiger partial charge in [0.25, 0.3) is 5.91 Å². The fourth-order valence-electron chi connectivity index (χ4n) is 2.06. The summed E-state index contributed by atoms with van der Waals surface area (Å²) in [7, 11) is -3.65. The number of hydrogen-bond acceptors (Lipinski definition) is 3. The van der Waals surface area contributed by atoms with Gasteiger partial charge in [-0.05, 0) is 42.8 Å². The van der Waals surface area contributed by atoms with Crippen molar-refractivity contribution in [3.8, 4) is 0 Å². The van der Waals surface area contributed by atoms with Crippen molar-refractivity contribution in [2.45, 2.75) is 24.7 Å². The Hall–Kier alpha value is -1.60. The molecule has 0 saturated heterocycles. The highest BCUT2D eigenvalue weighted by Gasteiger charge is 2.16. The van der Waals surface area contributed by atoms with Crippen LogP contribution < -0.4 is 10.0 Å². The number of hydrogen-bond donors (Lipinski definition) is 2. The summed E-state index contributed by atoms with van der Waals surface area (Å²) in [5.74, 6) is -0.477. The largest absolute Gasteiger partial charge is 0.321 e. The summed E-state index contributed by atoms with van der Waals surface area (Å²) in [6.07, 6.45) is 1.62. The van der Waals surface area contributed by atoms with Crippen molar-refractivity contribution in [2.24, 2.45) is 0 Å². The molecule has 0 aliphatic carbocycles. The molecule has 0 atom stereocenters. The van der Waals surface area contributed by atoms with E-state index < -0.39 is 15.9 Å². The molecule has 8 heteroatoms. The van der Waals surface area contributed by atoms with E-state index in [-0.39, 0.29) is 10.5 Å². The predicted octanol–water partition coefficient (Wildman–Crippen LogP) is 4.32. The van der Waals surface area contributed by atoms with Gasteiger partial charge in [0.15, 0.2) is 0 Å². The molecular weight excluding hydrogens is 383 g/mol. The molecule has 0 aliphatic rings. The Morgan fingerprint density at radius 2 is 1.88 bits per heavy atom. The second kappa shape index (κ2) is 8.67. The normalized spacial score (nSPS) is 11.3. The van der Waals surface area contributed by atoms with Crippen molar-refractivity contribution in [2.75, 3.05) is 11.9 Å². The van der Waals surface area contributed by atoms with Crippen molar-refractivity contribution in [3.05, 3.63) is 58.1 Å². The van der Waals surface area contributed by atoms with Crippen molar-refractivity contribution >= 4 is 44.8 Å². The van der Waals surface area contributed by atoms with Crippen molar-refractivity contribution in [3.63, 3.8) is 0 Å². The summed E-state index contributed by atoms with van der Waals surface area (Å²) in [4.78, 5) is 12.4. The first-order valence-electron chi connectivity index (χ1n) is 7.69.